The number of hydrogen-bond acceptors (Lipinski definition) is 4. The number of morpholine rings is 1. The fourth-order valence-corrected chi connectivity index (χ4v) is 2.04. The van der Waals surface area contributed by atoms with E-state index in [-0.39, 0.29) is 18.7 Å². The van der Waals surface area contributed by atoms with Crippen molar-refractivity contribution in [2.45, 2.75) is 50.9 Å². The van der Waals surface area contributed by atoms with Gasteiger partial charge in [0.15, 0.2) is 6.10 Å². The number of carboxylic acids is 1. The van der Waals surface area contributed by atoms with E-state index < -0.39 is 23.8 Å². The summed E-state index contributed by atoms with van der Waals surface area (Å²) in [4.78, 5) is 24.6. The number of nitrogens with zero attached hydrogens (tertiary/aromatic N) is 1. The molecule has 1 N–H and O–H groups in total. The van der Waals surface area contributed by atoms with E-state index in [2.05, 4.69) is 0 Å². The molecule has 1 atom stereocenters. The number of hydrogen-bond donors (Lipinski definition) is 1. The van der Waals surface area contributed by atoms with Crippen LogP contribution in [0.1, 0.15) is 33.6 Å². The van der Waals surface area contributed by atoms with Crippen LogP contribution in [0.3, 0.4) is 0 Å². The van der Waals surface area contributed by atoms with Gasteiger partial charge in [-0.15, -0.1) is 0 Å². The maximum Gasteiger partial charge on any atom is 0.410 e. The van der Waals surface area contributed by atoms with Gasteiger partial charge in [0.1, 0.15) is 5.60 Å². The lowest BCUT2D eigenvalue weighted by Gasteiger charge is -2.39. The standard InChI is InChI=1S/C12H19NO5/c1-11(2,3)18-10(16)13-6-8(9(14)15)17-7-12(13)4-5-12/h8H,4-7H2,1-3H3,(H,14,15)/t8-/m1/s1. The zero-order valence-corrected chi connectivity index (χ0v) is 10.9. The Labute approximate surface area is 106 Å². The molecule has 102 valence electrons. The Bertz CT molecular complexity index is 369. The van der Waals surface area contributed by atoms with Gasteiger partial charge in [0.2, 0.25) is 0 Å². The van der Waals surface area contributed by atoms with Gasteiger partial charge in [0.25, 0.3) is 0 Å². The molecule has 1 spiro atoms. The minimum atomic E-state index is -1.04. The van der Waals surface area contributed by atoms with E-state index in [1.165, 1.54) is 4.90 Å². The summed E-state index contributed by atoms with van der Waals surface area (Å²) in [5, 5.41) is 8.96. The molecule has 1 heterocycles. The highest BCUT2D eigenvalue weighted by atomic mass is 16.6. The molecule has 6 heteroatoms. The summed E-state index contributed by atoms with van der Waals surface area (Å²) in [6.07, 6.45) is 0.287. The van der Waals surface area contributed by atoms with E-state index in [0.717, 1.165) is 12.8 Å². The van der Waals surface area contributed by atoms with Gasteiger partial charge in [-0.2, -0.15) is 0 Å². The number of carbonyl (C=O) groups excluding carboxylic acids is 1. The molecule has 0 bridgehead atoms. The molecule has 1 aliphatic heterocycles. The third-order valence-electron chi connectivity index (χ3n) is 3.19. The van der Waals surface area contributed by atoms with Gasteiger partial charge in [-0.3, -0.25) is 4.90 Å². The van der Waals surface area contributed by atoms with Crippen LogP contribution < -0.4 is 0 Å². The summed E-state index contributed by atoms with van der Waals surface area (Å²) >= 11 is 0. The number of carboxylic acid groups (broad SMARTS) is 1. The van der Waals surface area contributed by atoms with E-state index in [1.807, 2.05) is 0 Å². The first-order chi connectivity index (χ1) is 8.23. The molecule has 0 radical (unpaired) electrons. The highest BCUT2D eigenvalue weighted by molar-refractivity contribution is 5.76. The number of carbonyl (C=O) groups is 2. The molecule has 1 saturated carbocycles. The van der Waals surface area contributed by atoms with Crippen LogP contribution in [0, 0.1) is 0 Å². The quantitative estimate of drug-likeness (QED) is 0.764. The van der Waals surface area contributed by atoms with Gasteiger partial charge in [-0.1, -0.05) is 0 Å². The van der Waals surface area contributed by atoms with Crippen molar-refractivity contribution in [3.8, 4) is 0 Å². The van der Waals surface area contributed by atoms with Gasteiger partial charge in [0.05, 0.1) is 18.7 Å². The van der Waals surface area contributed by atoms with E-state index in [1.54, 1.807) is 20.8 Å². The van der Waals surface area contributed by atoms with E-state index >= 15 is 0 Å². The third-order valence-corrected chi connectivity index (χ3v) is 3.19. The summed E-state index contributed by atoms with van der Waals surface area (Å²) in [6.45, 7) is 5.71. The van der Waals surface area contributed by atoms with E-state index in [0.29, 0.717) is 0 Å². The molecule has 2 rings (SSSR count). The van der Waals surface area contributed by atoms with Crippen LogP contribution in [-0.4, -0.2) is 52.5 Å². The second-order valence-electron chi connectivity index (χ2n) is 5.95. The largest absolute Gasteiger partial charge is 0.479 e. The molecule has 1 amide bonds. The Balaban J connectivity index is 2.08. The maximum absolute atomic E-state index is 12.1. The average molecular weight is 257 g/mol. The predicted molar refractivity (Wildman–Crippen MR) is 62.3 cm³/mol. The molecule has 0 unspecified atom stereocenters. The second-order valence-corrected chi connectivity index (χ2v) is 5.95. The summed E-state index contributed by atoms with van der Waals surface area (Å²) in [7, 11) is 0. The van der Waals surface area contributed by atoms with Crippen molar-refractivity contribution in [3.63, 3.8) is 0 Å². The van der Waals surface area contributed by atoms with Crippen molar-refractivity contribution >= 4 is 12.1 Å². The summed E-state index contributed by atoms with van der Waals surface area (Å²) in [6, 6.07) is 0. The SMILES string of the molecule is CC(C)(C)OC(=O)N1C[C@H](C(=O)O)OCC12CC2. The molecule has 18 heavy (non-hydrogen) atoms. The van der Waals surface area contributed by atoms with Crippen LogP contribution in [0.25, 0.3) is 0 Å². The van der Waals surface area contributed by atoms with Gasteiger partial charge in [-0.25, -0.2) is 9.59 Å². The normalized spacial score (nSPS) is 25.9. The minimum Gasteiger partial charge on any atom is -0.479 e. The lowest BCUT2D eigenvalue weighted by Crippen LogP contribution is -2.56. The smallest absolute Gasteiger partial charge is 0.410 e. The van der Waals surface area contributed by atoms with Crippen LogP contribution in [0.5, 0.6) is 0 Å². The molecular weight excluding hydrogens is 238 g/mol. The van der Waals surface area contributed by atoms with E-state index in [9.17, 15) is 9.59 Å². The van der Waals surface area contributed by atoms with Crippen molar-refractivity contribution in [2.24, 2.45) is 0 Å². The van der Waals surface area contributed by atoms with Gasteiger partial charge < -0.3 is 14.6 Å². The topological polar surface area (TPSA) is 76.1 Å². The fourth-order valence-electron chi connectivity index (χ4n) is 2.04. The Morgan fingerprint density at radius 3 is 2.44 bits per heavy atom. The molecule has 0 aromatic heterocycles. The highest BCUT2D eigenvalue weighted by Gasteiger charge is 2.55. The maximum atomic E-state index is 12.1. The lowest BCUT2D eigenvalue weighted by atomic mass is 10.1. The van der Waals surface area contributed by atoms with Crippen LogP contribution in [0.2, 0.25) is 0 Å². The molecule has 0 aromatic carbocycles. The van der Waals surface area contributed by atoms with Crippen LogP contribution in [0.15, 0.2) is 0 Å². The molecule has 1 saturated heterocycles. The van der Waals surface area contributed by atoms with Crippen molar-refractivity contribution < 1.29 is 24.2 Å². The molecule has 2 fully saturated rings. The first-order valence-corrected chi connectivity index (χ1v) is 6.09. The molecule has 6 nitrogen and oxygen atoms in total. The van der Waals surface area contributed by atoms with Crippen molar-refractivity contribution in [2.75, 3.05) is 13.2 Å². The summed E-state index contributed by atoms with van der Waals surface area (Å²) in [5.74, 6) is -1.04. The molecular formula is C12H19NO5. The Hall–Kier alpha value is -1.30. The third kappa shape index (κ3) is 2.58. The fraction of sp³-hybridized carbons (Fsp3) is 0.833. The minimum absolute atomic E-state index is 0.0598. The van der Waals surface area contributed by atoms with Crippen LogP contribution in [-0.2, 0) is 14.3 Å². The van der Waals surface area contributed by atoms with Crippen LogP contribution in [0.4, 0.5) is 4.79 Å². The first-order valence-electron chi connectivity index (χ1n) is 6.09. The van der Waals surface area contributed by atoms with Crippen molar-refractivity contribution in [1.82, 2.24) is 4.90 Å². The highest BCUT2D eigenvalue weighted by Crippen LogP contribution is 2.45. The Morgan fingerprint density at radius 2 is 2.00 bits per heavy atom. The van der Waals surface area contributed by atoms with Crippen LogP contribution >= 0.6 is 0 Å². The zero-order valence-electron chi connectivity index (χ0n) is 10.9. The van der Waals surface area contributed by atoms with Gasteiger partial charge >= 0.3 is 12.1 Å². The van der Waals surface area contributed by atoms with Crippen molar-refractivity contribution in [1.29, 1.82) is 0 Å². The number of amides is 1. The number of aliphatic carboxylic acids is 1. The Kier molecular flexibility index (Phi) is 3.01. The van der Waals surface area contributed by atoms with Crippen molar-refractivity contribution in [3.05, 3.63) is 0 Å². The summed E-state index contributed by atoms with van der Waals surface area (Å²) < 4.78 is 10.6. The molecule has 0 aromatic rings. The molecule has 2 aliphatic rings. The molecule has 1 aliphatic carbocycles. The van der Waals surface area contributed by atoms with Gasteiger partial charge in [-0.05, 0) is 33.6 Å². The number of ether oxygens (including phenoxy) is 2. The Morgan fingerprint density at radius 1 is 1.39 bits per heavy atom. The van der Waals surface area contributed by atoms with E-state index in [4.69, 9.17) is 14.6 Å². The number of rotatable bonds is 1. The first kappa shape index (κ1) is 13.1. The lowest BCUT2D eigenvalue weighted by molar-refractivity contribution is -0.159. The second kappa shape index (κ2) is 4.12. The predicted octanol–water partition coefficient (Wildman–Crippen LogP) is 1.24. The monoisotopic (exact) mass is 257 g/mol. The zero-order chi connectivity index (χ0) is 13.6. The van der Waals surface area contributed by atoms with Gasteiger partial charge in [0, 0.05) is 0 Å². The summed E-state index contributed by atoms with van der Waals surface area (Å²) in [5.41, 5.74) is -0.904. The average Bonchev–Trinajstić information content (AvgIpc) is 2.96.